The third-order valence-electron chi connectivity index (χ3n) is 2.99. The van der Waals surface area contributed by atoms with Crippen LogP contribution in [0.3, 0.4) is 0 Å². The van der Waals surface area contributed by atoms with Gasteiger partial charge in [-0.1, -0.05) is 17.7 Å². The molecule has 0 spiro atoms. The molecule has 5 heteroatoms. The number of hydrogen-bond acceptors (Lipinski definition) is 4. The van der Waals surface area contributed by atoms with E-state index < -0.39 is 10.8 Å². The van der Waals surface area contributed by atoms with Crippen LogP contribution in [0.1, 0.15) is 11.5 Å². The van der Waals surface area contributed by atoms with Crippen LogP contribution in [-0.2, 0) is 16.6 Å². The number of nitrogens with zero attached hydrogens (tertiary/aromatic N) is 1. The highest BCUT2D eigenvalue weighted by atomic mass is 32.2. The number of aryl methyl sites for hydroxylation is 1. The van der Waals surface area contributed by atoms with Crippen LogP contribution in [0.2, 0.25) is 0 Å². The van der Waals surface area contributed by atoms with Crippen molar-refractivity contribution in [2.75, 3.05) is 5.73 Å². The van der Waals surface area contributed by atoms with Crippen LogP contribution in [0.25, 0.3) is 11.1 Å². The topological polar surface area (TPSA) is 69.1 Å². The van der Waals surface area contributed by atoms with Gasteiger partial charge in [0.15, 0.2) is 5.58 Å². The van der Waals surface area contributed by atoms with E-state index in [1.807, 2.05) is 31.2 Å². The van der Waals surface area contributed by atoms with Crippen molar-refractivity contribution in [2.45, 2.75) is 17.6 Å². The molecule has 102 valence electrons. The first kappa shape index (κ1) is 12.9. The average molecular weight is 286 g/mol. The number of nitrogens with two attached hydrogens (primary N) is 1. The lowest BCUT2D eigenvalue weighted by Crippen LogP contribution is -1.96. The van der Waals surface area contributed by atoms with Crippen molar-refractivity contribution >= 4 is 27.6 Å². The lowest BCUT2D eigenvalue weighted by Gasteiger charge is -1.99. The van der Waals surface area contributed by atoms with Gasteiger partial charge in [0.2, 0.25) is 5.89 Å². The smallest absolute Gasteiger partial charge is 0.208 e. The molecule has 4 nitrogen and oxygen atoms in total. The van der Waals surface area contributed by atoms with E-state index in [2.05, 4.69) is 4.98 Å². The van der Waals surface area contributed by atoms with Crippen molar-refractivity contribution < 1.29 is 8.63 Å². The summed E-state index contributed by atoms with van der Waals surface area (Å²) in [6, 6.07) is 12.9. The molecule has 0 aliphatic rings. The quantitative estimate of drug-likeness (QED) is 0.751. The van der Waals surface area contributed by atoms with Gasteiger partial charge in [-0.05, 0) is 37.3 Å². The predicted octanol–water partition coefficient (Wildman–Crippen LogP) is 3.03. The molecule has 0 saturated heterocycles. The van der Waals surface area contributed by atoms with Crippen LogP contribution >= 0.6 is 0 Å². The second-order valence-corrected chi connectivity index (χ2v) is 6.09. The number of oxazole rings is 1. The Hall–Kier alpha value is -2.14. The minimum atomic E-state index is -1.16. The van der Waals surface area contributed by atoms with Crippen molar-refractivity contribution in [3.8, 4) is 0 Å². The summed E-state index contributed by atoms with van der Waals surface area (Å²) in [5, 5.41) is 0. The third kappa shape index (κ3) is 2.58. The molecule has 0 aliphatic carbocycles. The molecule has 2 aromatic carbocycles. The van der Waals surface area contributed by atoms with E-state index in [-0.39, 0.29) is 5.75 Å². The molecule has 0 bridgehead atoms. The molecular formula is C15H14N2O2S. The maximum atomic E-state index is 12.3. The fraction of sp³-hybridized carbons (Fsp3) is 0.133. The lowest BCUT2D eigenvalue weighted by molar-refractivity contribution is 0.552. The monoisotopic (exact) mass is 286 g/mol. The number of fused-ring (bicyclic) bond motifs is 1. The van der Waals surface area contributed by atoms with E-state index in [0.29, 0.717) is 22.7 Å². The number of benzene rings is 2. The molecule has 1 aromatic heterocycles. The maximum absolute atomic E-state index is 12.3. The van der Waals surface area contributed by atoms with Crippen molar-refractivity contribution in [1.82, 2.24) is 4.98 Å². The number of aromatic nitrogens is 1. The summed E-state index contributed by atoms with van der Waals surface area (Å²) in [5.74, 6) is 0.724. The molecule has 1 heterocycles. The fourth-order valence-corrected chi connectivity index (χ4v) is 2.89. The second-order valence-electron chi connectivity index (χ2n) is 4.64. The van der Waals surface area contributed by atoms with Gasteiger partial charge in [-0.25, -0.2) is 4.98 Å². The molecule has 1 atom stereocenters. The van der Waals surface area contributed by atoms with E-state index in [1.165, 1.54) is 0 Å². The standard InChI is InChI=1S/C15H14N2O2S/c1-10-2-5-12(6-3-10)20(18)9-15-17-13-8-11(16)4-7-14(13)19-15/h2-8H,9,16H2,1H3. The van der Waals surface area contributed by atoms with Crippen LogP contribution in [0.5, 0.6) is 0 Å². The van der Waals surface area contributed by atoms with Gasteiger partial charge in [0, 0.05) is 10.6 Å². The zero-order chi connectivity index (χ0) is 14.1. The number of hydrogen-bond donors (Lipinski definition) is 1. The summed E-state index contributed by atoms with van der Waals surface area (Å²) >= 11 is 0. The van der Waals surface area contributed by atoms with Crippen LogP contribution in [0, 0.1) is 6.92 Å². The number of rotatable bonds is 3. The van der Waals surface area contributed by atoms with E-state index in [9.17, 15) is 4.21 Å². The van der Waals surface area contributed by atoms with Crippen molar-refractivity contribution in [3.63, 3.8) is 0 Å². The van der Waals surface area contributed by atoms with Gasteiger partial charge in [0.1, 0.15) is 11.3 Å². The maximum Gasteiger partial charge on any atom is 0.208 e. The first-order valence-electron chi connectivity index (χ1n) is 6.22. The van der Waals surface area contributed by atoms with Crippen molar-refractivity contribution in [3.05, 3.63) is 53.9 Å². The van der Waals surface area contributed by atoms with Gasteiger partial charge in [0.05, 0.1) is 10.8 Å². The van der Waals surface area contributed by atoms with Crippen molar-refractivity contribution in [1.29, 1.82) is 0 Å². The Morgan fingerprint density at radius 1 is 1.20 bits per heavy atom. The summed E-state index contributed by atoms with van der Waals surface area (Å²) in [6.45, 7) is 2.00. The van der Waals surface area contributed by atoms with E-state index in [4.69, 9.17) is 10.2 Å². The minimum Gasteiger partial charge on any atom is -0.440 e. The van der Waals surface area contributed by atoms with Crippen LogP contribution in [-0.4, -0.2) is 9.19 Å². The molecular weight excluding hydrogens is 272 g/mol. The van der Waals surface area contributed by atoms with Crippen LogP contribution in [0.4, 0.5) is 5.69 Å². The first-order chi connectivity index (χ1) is 9.61. The highest BCUT2D eigenvalue weighted by Crippen LogP contribution is 2.20. The molecule has 0 radical (unpaired) electrons. The molecule has 1 unspecified atom stereocenters. The van der Waals surface area contributed by atoms with Gasteiger partial charge < -0.3 is 10.2 Å². The Labute approximate surface area is 119 Å². The summed E-state index contributed by atoms with van der Waals surface area (Å²) in [5.41, 5.74) is 8.83. The highest BCUT2D eigenvalue weighted by molar-refractivity contribution is 7.84. The third-order valence-corrected chi connectivity index (χ3v) is 4.30. The molecule has 0 amide bonds. The van der Waals surface area contributed by atoms with Gasteiger partial charge in [-0.3, -0.25) is 4.21 Å². The largest absolute Gasteiger partial charge is 0.440 e. The molecule has 0 aliphatic heterocycles. The molecule has 20 heavy (non-hydrogen) atoms. The zero-order valence-electron chi connectivity index (χ0n) is 11.0. The summed E-state index contributed by atoms with van der Waals surface area (Å²) in [7, 11) is -1.16. The number of anilines is 1. The van der Waals surface area contributed by atoms with Crippen LogP contribution in [0.15, 0.2) is 51.8 Å². The minimum absolute atomic E-state index is 0.262. The fourth-order valence-electron chi connectivity index (χ4n) is 1.94. The number of nitrogen functional groups attached to an aromatic ring is 1. The van der Waals surface area contributed by atoms with E-state index >= 15 is 0 Å². The lowest BCUT2D eigenvalue weighted by atomic mass is 10.2. The molecule has 3 rings (SSSR count). The second kappa shape index (κ2) is 5.09. The van der Waals surface area contributed by atoms with E-state index in [1.54, 1.807) is 18.2 Å². The first-order valence-corrected chi connectivity index (χ1v) is 7.54. The van der Waals surface area contributed by atoms with E-state index in [0.717, 1.165) is 10.5 Å². The van der Waals surface area contributed by atoms with Crippen molar-refractivity contribution in [2.24, 2.45) is 0 Å². The Kier molecular flexibility index (Phi) is 3.28. The normalized spacial score (nSPS) is 12.7. The van der Waals surface area contributed by atoms with Crippen LogP contribution < -0.4 is 5.73 Å². The average Bonchev–Trinajstić information content (AvgIpc) is 2.80. The molecule has 0 fully saturated rings. The summed E-state index contributed by atoms with van der Waals surface area (Å²) < 4.78 is 17.8. The zero-order valence-corrected chi connectivity index (χ0v) is 11.8. The Morgan fingerprint density at radius 2 is 1.95 bits per heavy atom. The summed E-state index contributed by atoms with van der Waals surface area (Å²) in [4.78, 5) is 5.09. The molecule has 2 N–H and O–H groups in total. The SMILES string of the molecule is Cc1ccc(S(=O)Cc2nc3cc(N)ccc3o2)cc1. The van der Waals surface area contributed by atoms with Gasteiger partial charge in [0.25, 0.3) is 0 Å². The molecule has 3 aromatic rings. The molecule has 0 saturated carbocycles. The highest BCUT2D eigenvalue weighted by Gasteiger charge is 2.11. The Bertz CT molecular complexity index is 778. The Balaban J connectivity index is 1.85. The van der Waals surface area contributed by atoms with Gasteiger partial charge in [-0.2, -0.15) is 0 Å². The van der Waals surface area contributed by atoms with Gasteiger partial charge in [-0.15, -0.1) is 0 Å². The predicted molar refractivity (Wildman–Crippen MR) is 79.7 cm³/mol. The Morgan fingerprint density at radius 3 is 2.70 bits per heavy atom. The summed E-state index contributed by atoms with van der Waals surface area (Å²) in [6.07, 6.45) is 0. The van der Waals surface area contributed by atoms with Gasteiger partial charge >= 0.3 is 0 Å².